The number of carbonyl (C=O) groups excluding carboxylic acids is 2. The van der Waals surface area contributed by atoms with Gasteiger partial charge in [-0.05, 0) is 17.9 Å². The molecule has 1 aliphatic heterocycles. The fraction of sp³-hybridized carbons (Fsp3) is 0.529. The molecule has 126 valence electrons. The highest BCUT2D eigenvalue weighted by Crippen LogP contribution is 2.15. The van der Waals surface area contributed by atoms with Gasteiger partial charge in [-0.1, -0.05) is 37.3 Å². The van der Waals surface area contributed by atoms with Gasteiger partial charge >= 0.3 is 6.03 Å². The Morgan fingerprint density at radius 3 is 2.78 bits per heavy atom. The molecule has 3 amide bonds. The van der Waals surface area contributed by atoms with E-state index < -0.39 is 0 Å². The van der Waals surface area contributed by atoms with E-state index in [1.807, 2.05) is 37.3 Å². The number of primary amides is 1. The summed E-state index contributed by atoms with van der Waals surface area (Å²) in [5.41, 5.74) is 6.41. The smallest absolute Gasteiger partial charge is 0.317 e. The zero-order valence-electron chi connectivity index (χ0n) is 13.5. The number of nitrogens with one attached hydrogen (secondary N) is 1. The van der Waals surface area contributed by atoms with E-state index in [1.165, 1.54) is 0 Å². The minimum Gasteiger partial charge on any atom is -0.376 e. The standard InChI is InChI=1S/C17H25N3O3/c1-13(11-23-12-14-5-3-2-4-6-14)9-19-17(22)20-8-7-15(10-20)16(18)21/h2-6,13,15H,7-12H2,1H3,(H2,18,21)(H,19,22)/t13-,15-/m0/s1. The summed E-state index contributed by atoms with van der Waals surface area (Å²) in [6.45, 7) is 4.73. The largest absolute Gasteiger partial charge is 0.376 e. The molecule has 2 rings (SSSR count). The number of benzene rings is 1. The van der Waals surface area contributed by atoms with Gasteiger partial charge in [0.05, 0.1) is 19.1 Å². The molecule has 1 aliphatic rings. The van der Waals surface area contributed by atoms with Crippen LogP contribution in [0.15, 0.2) is 30.3 Å². The van der Waals surface area contributed by atoms with Crippen LogP contribution in [0.2, 0.25) is 0 Å². The Balaban J connectivity index is 1.61. The number of ether oxygens (including phenoxy) is 1. The molecule has 1 heterocycles. The molecule has 0 radical (unpaired) electrons. The Morgan fingerprint density at radius 1 is 1.39 bits per heavy atom. The first-order valence-electron chi connectivity index (χ1n) is 8.00. The van der Waals surface area contributed by atoms with Crippen LogP contribution in [0.5, 0.6) is 0 Å². The molecular weight excluding hydrogens is 294 g/mol. The highest BCUT2D eigenvalue weighted by Gasteiger charge is 2.29. The number of hydrogen-bond donors (Lipinski definition) is 2. The van der Waals surface area contributed by atoms with E-state index in [0.717, 1.165) is 5.56 Å². The van der Waals surface area contributed by atoms with Crippen molar-refractivity contribution in [3.05, 3.63) is 35.9 Å². The van der Waals surface area contributed by atoms with Crippen molar-refractivity contribution in [3.8, 4) is 0 Å². The monoisotopic (exact) mass is 319 g/mol. The average Bonchev–Trinajstić information content (AvgIpc) is 3.04. The van der Waals surface area contributed by atoms with Crippen molar-refractivity contribution < 1.29 is 14.3 Å². The van der Waals surface area contributed by atoms with Gasteiger partial charge in [0.2, 0.25) is 5.91 Å². The van der Waals surface area contributed by atoms with Crippen molar-refractivity contribution in [2.45, 2.75) is 20.0 Å². The zero-order chi connectivity index (χ0) is 16.7. The predicted molar refractivity (Wildman–Crippen MR) is 87.5 cm³/mol. The van der Waals surface area contributed by atoms with Gasteiger partial charge in [0.25, 0.3) is 0 Å². The summed E-state index contributed by atoms with van der Waals surface area (Å²) in [5.74, 6) is -0.326. The minimum atomic E-state index is -0.331. The Hall–Kier alpha value is -2.08. The van der Waals surface area contributed by atoms with Crippen molar-refractivity contribution >= 4 is 11.9 Å². The SMILES string of the molecule is C[C@@H](CNC(=O)N1CC[C@H](C(N)=O)C1)COCc1ccccc1. The van der Waals surface area contributed by atoms with E-state index >= 15 is 0 Å². The highest BCUT2D eigenvalue weighted by molar-refractivity contribution is 5.80. The van der Waals surface area contributed by atoms with E-state index in [0.29, 0.717) is 39.3 Å². The number of carbonyl (C=O) groups is 2. The first kappa shape index (κ1) is 17.3. The quantitative estimate of drug-likeness (QED) is 0.796. The molecular formula is C17H25N3O3. The molecule has 1 aromatic rings. The van der Waals surface area contributed by atoms with Gasteiger partial charge < -0.3 is 20.7 Å². The number of hydrogen-bond acceptors (Lipinski definition) is 3. The van der Waals surface area contributed by atoms with E-state index in [4.69, 9.17) is 10.5 Å². The second-order valence-electron chi connectivity index (χ2n) is 6.13. The molecule has 6 nitrogen and oxygen atoms in total. The zero-order valence-corrected chi connectivity index (χ0v) is 13.5. The number of nitrogens with zero attached hydrogens (tertiary/aromatic N) is 1. The molecule has 6 heteroatoms. The van der Waals surface area contributed by atoms with Crippen LogP contribution in [-0.4, -0.2) is 43.1 Å². The molecule has 1 fully saturated rings. The Bertz CT molecular complexity index is 521. The average molecular weight is 319 g/mol. The molecule has 0 aromatic heterocycles. The van der Waals surface area contributed by atoms with E-state index in [-0.39, 0.29) is 23.8 Å². The minimum absolute atomic E-state index is 0.136. The summed E-state index contributed by atoms with van der Waals surface area (Å²) >= 11 is 0. The van der Waals surface area contributed by atoms with Crippen molar-refractivity contribution in [1.82, 2.24) is 10.2 Å². The van der Waals surface area contributed by atoms with Crippen LogP contribution in [0.4, 0.5) is 4.79 Å². The molecule has 0 saturated carbocycles. The van der Waals surface area contributed by atoms with Crippen molar-refractivity contribution in [2.24, 2.45) is 17.6 Å². The summed E-state index contributed by atoms with van der Waals surface area (Å²) in [4.78, 5) is 24.8. The van der Waals surface area contributed by atoms with Gasteiger partial charge in [0, 0.05) is 19.6 Å². The van der Waals surface area contributed by atoms with E-state index in [9.17, 15) is 9.59 Å². The molecule has 23 heavy (non-hydrogen) atoms. The van der Waals surface area contributed by atoms with Gasteiger partial charge in [-0.2, -0.15) is 0 Å². The fourth-order valence-corrected chi connectivity index (χ4v) is 2.56. The molecule has 3 N–H and O–H groups in total. The van der Waals surface area contributed by atoms with Crippen LogP contribution < -0.4 is 11.1 Å². The fourth-order valence-electron chi connectivity index (χ4n) is 2.56. The number of rotatable bonds is 7. The lowest BCUT2D eigenvalue weighted by Crippen LogP contribution is -2.41. The van der Waals surface area contributed by atoms with Gasteiger partial charge in [0.15, 0.2) is 0 Å². The summed E-state index contributed by atoms with van der Waals surface area (Å²) in [6.07, 6.45) is 0.651. The highest BCUT2D eigenvalue weighted by atomic mass is 16.5. The topological polar surface area (TPSA) is 84.7 Å². The van der Waals surface area contributed by atoms with Crippen LogP contribution in [-0.2, 0) is 16.1 Å². The summed E-state index contributed by atoms with van der Waals surface area (Å²) < 4.78 is 5.66. The number of amides is 3. The molecule has 0 aliphatic carbocycles. The van der Waals surface area contributed by atoms with Crippen LogP contribution in [0.3, 0.4) is 0 Å². The van der Waals surface area contributed by atoms with Gasteiger partial charge in [0.1, 0.15) is 0 Å². The van der Waals surface area contributed by atoms with E-state index in [2.05, 4.69) is 5.32 Å². The second-order valence-corrected chi connectivity index (χ2v) is 6.13. The van der Waals surface area contributed by atoms with Crippen molar-refractivity contribution in [1.29, 1.82) is 0 Å². The first-order chi connectivity index (χ1) is 11.1. The van der Waals surface area contributed by atoms with Gasteiger partial charge in [-0.25, -0.2) is 4.79 Å². The maximum atomic E-state index is 12.0. The molecule has 0 unspecified atom stereocenters. The number of nitrogens with two attached hydrogens (primary N) is 1. The summed E-state index contributed by atoms with van der Waals surface area (Å²) in [7, 11) is 0. The third-order valence-electron chi connectivity index (χ3n) is 3.99. The number of urea groups is 1. The van der Waals surface area contributed by atoms with Crippen LogP contribution in [0.25, 0.3) is 0 Å². The summed E-state index contributed by atoms with van der Waals surface area (Å²) in [6, 6.07) is 9.85. The molecule has 1 saturated heterocycles. The van der Waals surface area contributed by atoms with Crippen LogP contribution in [0.1, 0.15) is 18.9 Å². The molecule has 1 aromatic carbocycles. The number of likely N-dealkylation sites (tertiary alicyclic amines) is 1. The predicted octanol–water partition coefficient (Wildman–Crippen LogP) is 1.36. The molecule has 0 spiro atoms. The first-order valence-corrected chi connectivity index (χ1v) is 8.00. The Kier molecular flexibility index (Phi) is 6.40. The van der Waals surface area contributed by atoms with Gasteiger partial charge in [-0.15, -0.1) is 0 Å². The summed E-state index contributed by atoms with van der Waals surface area (Å²) in [5, 5.41) is 2.89. The molecule has 0 bridgehead atoms. The van der Waals surface area contributed by atoms with Crippen molar-refractivity contribution in [3.63, 3.8) is 0 Å². The maximum Gasteiger partial charge on any atom is 0.317 e. The third kappa shape index (κ3) is 5.56. The lowest BCUT2D eigenvalue weighted by atomic mass is 10.1. The third-order valence-corrected chi connectivity index (χ3v) is 3.99. The lowest BCUT2D eigenvalue weighted by molar-refractivity contribution is -0.121. The van der Waals surface area contributed by atoms with Gasteiger partial charge in [-0.3, -0.25) is 4.79 Å². The van der Waals surface area contributed by atoms with Crippen LogP contribution >= 0.6 is 0 Å². The lowest BCUT2D eigenvalue weighted by Gasteiger charge is -2.19. The van der Waals surface area contributed by atoms with E-state index in [1.54, 1.807) is 4.90 Å². The van der Waals surface area contributed by atoms with Crippen LogP contribution in [0, 0.1) is 11.8 Å². The Morgan fingerprint density at radius 2 is 2.13 bits per heavy atom. The maximum absolute atomic E-state index is 12.0. The van der Waals surface area contributed by atoms with Crippen molar-refractivity contribution in [2.75, 3.05) is 26.2 Å². The Labute approximate surface area is 137 Å². The normalized spacial score (nSPS) is 18.7. The second kappa shape index (κ2) is 8.53. The molecule has 2 atom stereocenters.